The van der Waals surface area contributed by atoms with Crippen LogP contribution in [-0.4, -0.2) is 4.57 Å². The summed E-state index contributed by atoms with van der Waals surface area (Å²) < 4.78 is 2.41. The standard InChI is InChI=1S/C60H38N2/c1-2-20-48-39(13-1)29-30-43-35-41(31-32-49(43)48)40-14-9-16-44(36-40)61(46-18-11-19-47(38-46)62-58-27-7-5-23-53(58)54-24-6-8-28-59(54)62)45-17-10-15-42(37-45)50-33-34-57-52-22-4-3-21-51(52)56-26-12-25-55(50)60(56)57/h1-38H. The van der Waals surface area contributed by atoms with Gasteiger partial charge in [0.05, 0.1) is 11.0 Å². The molecule has 1 aliphatic rings. The Balaban J connectivity index is 0.991. The van der Waals surface area contributed by atoms with Crippen LogP contribution in [0.25, 0.3) is 104 Å². The van der Waals surface area contributed by atoms with Crippen LogP contribution in [0.3, 0.4) is 0 Å². The maximum atomic E-state index is 2.43. The quantitative estimate of drug-likeness (QED) is 0.152. The van der Waals surface area contributed by atoms with Gasteiger partial charge < -0.3 is 9.47 Å². The molecule has 0 bridgehead atoms. The van der Waals surface area contributed by atoms with Crippen molar-refractivity contribution in [2.75, 3.05) is 4.90 Å². The van der Waals surface area contributed by atoms with E-state index in [9.17, 15) is 0 Å². The maximum absolute atomic E-state index is 2.43. The molecule has 13 rings (SSSR count). The molecule has 0 amide bonds. The Morgan fingerprint density at radius 1 is 0.274 bits per heavy atom. The SMILES string of the molecule is c1cc(-c2ccc3c(ccc4ccccc43)c2)cc(N(c2cccc(-c3ccc4c5c(cccc35)-c3ccccc3-4)c2)c2cccc(-n3c4ccccc4c4ccccc43)c2)c1. The predicted octanol–water partition coefficient (Wildman–Crippen LogP) is 16.7. The van der Waals surface area contributed by atoms with Crippen molar-refractivity contribution in [2.24, 2.45) is 0 Å². The summed E-state index contributed by atoms with van der Waals surface area (Å²) in [6.45, 7) is 0. The lowest BCUT2D eigenvalue weighted by atomic mass is 9.94. The molecule has 0 saturated carbocycles. The predicted molar refractivity (Wildman–Crippen MR) is 263 cm³/mol. The van der Waals surface area contributed by atoms with E-state index in [0.717, 1.165) is 22.7 Å². The summed E-state index contributed by atoms with van der Waals surface area (Å²) in [4.78, 5) is 2.43. The average Bonchev–Trinajstić information content (AvgIpc) is 3.85. The summed E-state index contributed by atoms with van der Waals surface area (Å²) in [7, 11) is 0. The topological polar surface area (TPSA) is 8.17 Å². The molecule has 0 spiro atoms. The van der Waals surface area contributed by atoms with Crippen molar-refractivity contribution in [3.8, 4) is 50.2 Å². The van der Waals surface area contributed by atoms with Gasteiger partial charge in [0.15, 0.2) is 0 Å². The van der Waals surface area contributed by atoms with Crippen molar-refractivity contribution in [3.05, 3.63) is 231 Å². The first kappa shape index (κ1) is 34.6. The Kier molecular flexibility index (Phi) is 7.64. The minimum atomic E-state index is 1.08. The van der Waals surface area contributed by atoms with Gasteiger partial charge in [0, 0.05) is 33.5 Å². The van der Waals surface area contributed by atoms with E-state index in [1.54, 1.807) is 0 Å². The number of hydrogen-bond acceptors (Lipinski definition) is 1. The molecule has 0 aliphatic heterocycles. The second-order valence-electron chi connectivity index (χ2n) is 16.5. The first-order valence-corrected chi connectivity index (χ1v) is 21.4. The highest BCUT2D eigenvalue weighted by Gasteiger charge is 2.23. The zero-order chi connectivity index (χ0) is 40.7. The van der Waals surface area contributed by atoms with Crippen LogP contribution in [0.15, 0.2) is 231 Å². The summed E-state index contributed by atoms with van der Waals surface area (Å²) in [6, 6.07) is 84.9. The van der Waals surface area contributed by atoms with E-state index in [-0.39, 0.29) is 0 Å². The van der Waals surface area contributed by atoms with Gasteiger partial charge in [0.1, 0.15) is 0 Å². The third-order valence-corrected chi connectivity index (χ3v) is 13.1. The summed E-state index contributed by atoms with van der Waals surface area (Å²) in [6.07, 6.45) is 0. The molecule has 2 nitrogen and oxygen atoms in total. The van der Waals surface area contributed by atoms with E-state index in [4.69, 9.17) is 0 Å². The van der Waals surface area contributed by atoms with Crippen molar-refractivity contribution in [2.45, 2.75) is 0 Å². The number of anilines is 3. The van der Waals surface area contributed by atoms with Crippen LogP contribution in [0.5, 0.6) is 0 Å². The summed E-state index contributed by atoms with van der Waals surface area (Å²) in [5, 5.41) is 10.2. The third kappa shape index (κ3) is 5.30. The molecule has 0 saturated heterocycles. The number of nitrogens with zero attached hydrogens (tertiary/aromatic N) is 2. The van der Waals surface area contributed by atoms with Gasteiger partial charge in [-0.25, -0.2) is 0 Å². The third-order valence-electron chi connectivity index (χ3n) is 13.1. The number of hydrogen-bond donors (Lipinski definition) is 0. The highest BCUT2D eigenvalue weighted by Crippen LogP contribution is 2.50. The number of fused-ring (bicyclic) bond motifs is 9. The van der Waals surface area contributed by atoms with Gasteiger partial charge in [-0.1, -0.05) is 170 Å². The van der Waals surface area contributed by atoms with Crippen molar-refractivity contribution >= 4 is 71.2 Å². The van der Waals surface area contributed by atoms with Gasteiger partial charge in [-0.15, -0.1) is 0 Å². The lowest BCUT2D eigenvalue weighted by Crippen LogP contribution is -2.11. The van der Waals surface area contributed by atoms with Crippen molar-refractivity contribution in [1.29, 1.82) is 0 Å². The Bertz CT molecular complexity index is 3690. The van der Waals surface area contributed by atoms with Crippen LogP contribution < -0.4 is 4.90 Å². The smallest absolute Gasteiger partial charge is 0.0541 e. The number of para-hydroxylation sites is 2. The molecule has 0 unspecified atom stereocenters. The molecule has 0 fully saturated rings. The number of aromatic nitrogens is 1. The molecule has 62 heavy (non-hydrogen) atoms. The highest BCUT2D eigenvalue weighted by atomic mass is 15.1. The molecule has 0 radical (unpaired) electrons. The molecule has 0 atom stereocenters. The van der Waals surface area contributed by atoms with E-state index in [1.165, 1.54) is 98.6 Å². The monoisotopic (exact) mass is 786 g/mol. The van der Waals surface area contributed by atoms with Crippen molar-refractivity contribution in [1.82, 2.24) is 4.57 Å². The Morgan fingerprint density at radius 2 is 0.790 bits per heavy atom. The van der Waals surface area contributed by atoms with Gasteiger partial charge in [-0.05, 0) is 137 Å². The molecule has 11 aromatic carbocycles. The lowest BCUT2D eigenvalue weighted by Gasteiger charge is -2.27. The van der Waals surface area contributed by atoms with Crippen LogP contribution in [0.2, 0.25) is 0 Å². The Morgan fingerprint density at radius 3 is 1.56 bits per heavy atom. The summed E-state index contributed by atoms with van der Waals surface area (Å²) >= 11 is 0. The van der Waals surface area contributed by atoms with Gasteiger partial charge in [0.25, 0.3) is 0 Å². The van der Waals surface area contributed by atoms with Gasteiger partial charge >= 0.3 is 0 Å². The van der Waals surface area contributed by atoms with Crippen LogP contribution in [0, 0.1) is 0 Å². The molecule has 12 aromatic rings. The minimum Gasteiger partial charge on any atom is -0.310 e. The van der Waals surface area contributed by atoms with Crippen LogP contribution >= 0.6 is 0 Å². The maximum Gasteiger partial charge on any atom is 0.0541 e. The fourth-order valence-corrected chi connectivity index (χ4v) is 10.3. The van der Waals surface area contributed by atoms with Crippen LogP contribution in [0.1, 0.15) is 0 Å². The van der Waals surface area contributed by atoms with E-state index in [2.05, 4.69) is 240 Å². The van der Waals surface area contributed by atoms with E-state index in [0.29, 0.717) is 0 Å². The molecule has 1 aromatic heterocycles. The molecule has 0 N–H and O–H groups in total. The summed E-state index contributed by atoms with van der Waals surface area (Å²) in [5.74, 6) is 0. The van der Waals surface area contributed by atoms with Gasteiger partial charge in [-0.3, -0.25) is 0 Å². The molecule has 1 aliphatic carbocycles. The lowest BCUT2D eigenvalue weighted by molar-refractivity contribution is 1.17. The second kappa shape index (κ2) is 13.7. The van der Waals surface area contributed by atoms with Gasteiger partial charge in [0.2, 0.25) is 0 Å². The van der Waals surface area contributed by atoms with Crippen LogP contribution in [0.4, 0.5) is 17.1 Å². The second-order valence-corrected chi connectivity index (χ2v) is 16.5. The summed E-state index contributed by atoms with van der Waals surface area (Å²) in [5.41, 5.74) is 16.8. The molecular formula is C60H38N2. The minimum absolute atomic E-state index is 1.08. The largest absolute Gasteiger partial charge is 0.310 e. The highest BCUT2D eigenvalue weighted by molar-refractivity contribution is 6.19. The normalized spacial score (nSPS) is 11.9. The van der Waals surface area contributed by atoms with Crippen LogP contribution in [-0.2, 0) is 0 Å². The molecule has 2 heteroatoms. The number of rotatable bonds is 6. The molecular weight excluding hydrogens is 749 g/mol. The fraction of sp³-hybridized carbons (Fsp3) is 0. The van der Waals surface area contributed by atoms with Crippen molar-refractivity contribution < 1.29 is 0 Å². The first-order valence-electron chi connectivity index (χ1n) is 21.4. The van der Waals surface area contributed by atoms with Gasteiger partial charge in [-0.2, -0.15) is 0 Å². The zero-order valence-corrected chi connectivity index (χ0v) is 33.8. The zero-order valence-electron chi connectivity index (χ0n) is 33.8. The molecule has 288 valence electrons. The number of benzene rings is 11. The first-order chi connectivity index (χ1) is 30.7. The molecule has 1 heterocycles. The Labute approximate surface area is 359 Å². The average molecular weight is 787 g/mol. The Hall–Kier alpha value is -8.20. The van der Waals surface area contributed by atoms with E-state index in [1.807, 2.05) is 0 Å². The van der Waals surface area contributed by atoms with E-state index >= 15 is 0 Å². The van der Waals surface area contributed by atoms with E-state index < -0.39 is 0 Å². The van der Waals surface area contributed by atoms with Crippen molar-refractivity contribution in [3.63, 3.8) is 0 Å². The fourth-order valence-electron chi connectivity index (χ4n) is 10.3.